The fraction of sp³-hybridized carbons (Fsp3) is 0.0833. The summed E-state index contributed by atoms with van der Waals surface area (Å²) in [5, 5.41) is 21.0. The first kappa shape index (κ1) is 23.6. The maximum absolute atomic E-state index is 12.6. The van der Waals surface area contributed by atoms with Crippen LogP contribution >= 0.6 is 11.8 Å². The number of carbonyl (C=O) groups excluding carboxylic acids is 2. The minimum Gasteiger partial charge on any atom is -0.497 e. The first-order chi connectivity index (χ1) is 15.8. The van der Waals surface area contributed by atoms with Gasteiger partial charge in [0.1, 0.15) is 5.75 Å². The van der Waals surface area contributed by atoms with Gasteiger partial charge in [-0.3, -0.25) is 9.59 Å². The highest BCUT2D eigenvalue weighted by atomic mass is 32.2. The number of Topliss-reactive ketones (excluding diaryl/α,β-unsaturated/α-hetero) is 1. The zero-order valence-electron chi connectivity index (χ0n) is 17.4. The fourth-order valence-corrected chi connectivity index (χ4v) is 3.79. The van der Waals surface area contributed by atoms with Crippen LogP contribution in [-0.2, 0) is 0 Å². The van der Waals surface area contributed by atoms with Gasteiger partial charge in [0.15, 0.2) is 5.78 Å². The quantitative estimate of drug-likeness (QED) is 0.315. The van der Waals surface area contributed by atoms with Crippen LogP contribution in [-0.4, -0.2) is 46.7 Å². The van der Waals surface area contributed by atoms with Gasteiger partial charge in [-0.2, -0.15) is 0 Å². The van der Waals surface area contributed by atoms with E-state index in [-0.39, 0.29) is 22.7 Å². The smallest absolute Gasteiger partial charge is 0.336 e. The SMILES string of the molecule is COc1cccc(C(=O)CSc2cccc(NC(=O)c3ccc(C(=O)O)cc3C(=O)O)c2)c1. The van der Waals surface area contributed by atoms with E-state index < -0.39 is 23.4 Å². The number of hydrogen-bond acceptors (Lipinski definition) is 6. The van der Waals surface area contributed by atoms with Gasteiger partial charge in [0.05, 0.1) is 29.6 Å². The van der Waals surface area contributed by atoms with Gasteiger partial charge in [-0.1, -0.05) is 18.2 Å². The number of carboxylic acid groups (broad SMARTS) is 2. The molecule has 0 heterocycles. The number of aromatic carboxylic acids is 2. The Kier molecular flexibility index (Phi) is 7.47. The molecule has 0 unspecified atom stereocenters. The van der Waals surface area contributed by atoms with Crippen LogP contribution in [0, 0.1) is 0 Å². The molecule has 0 aliphatic carbocycles. The summed E-state index contributed by atoms with van der Waals surface area (Å²) < 4.78 is 5.13. The summed E-state index contributed by atoms with van der Waals surface area (Å²) in [6.45, 7) is 0. The lowest BCUT2D eigenvalue weighted by Gasteiger charge is -2.10. The van der Waals surface area contributed by atoms with Crippen molar-refractivity contribution in [3.8, 4) is 5.75 Å². The summed E-state index contributed by atoms with van der Waals surface area (Å²) >= 11 is 1.29. The molecule has 0 spiro atoms. The molecule has 3 aromatic carbocycles. The van der Waals surface area contributed by atoms with E-state index in [1.54, 1.807) is 48.5 Å². The molecule has 3 rings (SSSR count). The number of methoxy groups -OCH3 is 1. The first-order valence-corrected chi connectivity index (χ1v) is 10.6. The van der Waals surface area contributed by atoms with Gasteiger partial charge >= 0.3 is 11.9 Å². The maximum Gasteiger partial charge on any atom is 0.336 e. The van der Waals surface area contributed by atoms with E-state index in [4.69, 9.17) is 9.84 Å². The van der Waals surface area contributed by atoms with Crippen LogP contribution in [0.3, 0.4) is 0 Å². The summed E-state index contributed by atoms with van der Waals surface area (Å²) in [5.74, 6) is -2.73. The van der Waals surface area contributed by atoms with Crippen LogP contribution in [0.1, 0.15) is 41.4 Å². The van der Waals surface area contributed by atoms with Crippen molar-refractivity contribution in [2.24, 2.45) is 0 Å². The zero-order chi connectivity index (χ0) is 24.0. The van der Waals surface area contributed by atoms with Gasteiger partial charge in [0.2, 0.25) is 0 Å². The Morgan fingerprint density at radius 1 is 0.848 bits per heavy atom. The van der Waals surface area contributed by atoms with Gasteiger partial charge in [-0.25, -0.2) is 9.59 Å². The third-order valence-electron chi connectivity index (χ3n) is 4.60. The van der Waals surface area contributed by atoms with Crippen LogP contribution in [0.15, 0.2) is 71.6 Å². The number of thioether (sulfide) groups is 1. The van der Waals surface area contributed by atoms with Crippen molar-refractivity contribution in [1.29, 1.82) is 0 Å². The second-order valence-electron chi connectivity index (χ2n) is 6.80. The number of nitrogens with one attached hydrogen (secondary N) is 1. The van der Waals surface area contributed by atoms with Gasteiger partial charge in [0, 0.05) is 16.1 Å². The zero-order valence-corrected chi connectivity index (χ0v) is 18.2. The Morgan fingerprint density at radius 3 is 2.30 bits per heavy atom. The predicted octanol–water partition coefficient (Wildman–Crippen LogP) is 4.32. The van der Waals surface area contributed by atoms with E-state index in [0.717, 1.165) is 17.0 Å². The fourth-order valence-electron chi connectivity index (χ4n) is 2.94. The predicted molar refractivity (Wildman–Crippen MR) is 123 cm³/mol. The van der Waals surface area contributed by atoms with Crippen molar-refractivity contribution in [3.05, 3.63) is 89.0 Å². The number of amides is 1. The molecule has 0 radical (unpaired) electrons. The highest BCUT2D eigenvalue weighted by Crippen LogP contribution is 2.24. The van der Waals surface area contributed by atoms with Gasteiger partial charge in [-0.05, 0) is 48.5 Å². The summed E-state index contributed by atoms with van der Waals surface area (Å²) in [5.41, 5.74) is 0.110. The molecule has 0 atom stereocenters. The van der Waals surface area contributed by atoms with Crippen molar-refractivity contribution in [3.63, 3.8) is 0 Å². The third-order valence-corrected chi connectivity index (χ3v) is 5.59. The number of carbonyl (C=O) groups is 4. The van der Waals surface area contributed by atoms with E-state index in [1.165, 1.54) is 24.9 Å². The largest absolute Gasteiger partial charge is 0.497 e. The Balaban J connectivity index is 1.71. The Labute approximate surface area is 193 Å². The number of anilines is 1. The molecule has 9 heteroatoms. The molecule has 0 aliphatic rings. The monoisotopic (exact) mass is 465 g/mol. The number of ketones is 1. The lowest BCUT2D eigenvalue weighted by molar-refractivity contribution is 0.0692. The molecule has 0 saturated heterocycles. The first-order valence-electron chi connectivity index (χ1n) is 9.60. The van der Waals surface area contributed by atoms with Crippen molar-refractivity contribution < 1.29 is 34.1 Å². The van der Waals surface area contributed by atoms with Crippen molar-refractivity contribution in [1.82, 2.24) is 0 Å². The van der Waals surface area contributed by atoms with Gasteiger partial charge < -0.3 is 20.3 Å². The summed E-state index contributed by atoms with van der Waals surface area (Å²) in [6.07, 6.45) is 0. The van der Waals surface area contributed by atoms with E-state index in [1.807, 2.05) is 0 Å². The second-order valence-corrected chi connectivity index (χ2v) is 7.85. The molecule has 0 fully saturated rings. The average Bonchev–Trinajstić information content (AvgIpc) is 2.82. The topological polar surface area (TPSA) is 130 Å². The molecule has 0 bridgehead atoms. The number of carboxylic acids is 2. The molecular formula is C24H19NO7S. The number of rotatable bonds is 9. The highest BCUT2D eigenvalue weighted by Gasteiger charge is 2.19. The molecular weight excluding hydrogens is 446 g/mol. The molecule has 3 N–H and O–H groups in total. The highest BCUT2D eigenvalue weighted by molar-refractivity contribution is 8.00. The maximum atomic E-state index is 12.6. The van der Waals surface area contributed by atoms with E-state index >= 15 is 0 Å². The number of ether oxygens (including phenoxy) is 1. The molecule has 0 aliphatic heterocycles. The Morgan fingerprint density at radius 2 is 1.61 bits per heavy atom. The molecule has 3 aromatic rings. The van der Waals surface area contributed by atoms with Crippen molar-refractivity contribution in [2.75, 3.05) is 18.2 Å². The summed E-state index contributed by atoms with van der Waals surface area (Å²) in [7, 11) is 1.53. The minimum atomic E-state index is -1.41. The normalized spacial score (nSPS) is 10.3. The molecule has 0 aromatic heterocycles. The lowest BCUT2D eigenvalue weighted by Crippen LogP contribution is -2.17. The minimum absolute atomic E-state index is 0.0852. The molecule has 1 amide bonds. The van der Waals surface area contributed by atoms with Crippen LogP contribution in [0.2, 0.25) is 0 Å². The number of benzene rings is 3. The van der Waals surface area contributed by atoms with Crippen LogP contribution < -0.4 is 10.1 Å². The van der Waals surface area contributed by atoms with Crippen LogP contribution in [0.5, 0.6) is 5.75 Å². The average molecular weight is 465 g/mol. The van der Waals surface area contributed by atoms with E-state index in [9.17, 15) is 24.3 Å². The molecule has 33 heavy (non-hydrogen) atoms. The molecule has 168 valence electrons. The van der Waals surface area contributed by atoms with Crippen LogP contribution in [0.4, 0.5) is 5.69 Å². The molecule has 0 saturated carbocycles. The Hall–Kier alpha value is -4.11. The van der Waals surface area contributed by atoms with Gasteiger partial charge in [0.25, 0.3) is 5.91 Å². The third kappa shape index (κ3) is 5.98. The Bertz CT molecular complexity index is 1240. The van der Waals surface area contributed by atoms with E-state index in [2.05, 4.69) is 5.32 Å². The standard InChI is InChI=1S/C24H19NO7S/c1-32-17-6-2-4-14(10-17)21(26)13-33-18-7-3-5-16(12-18)25-22(27)19-9-8-15(23(28)29)11-20(19)24(30)31/h2-12H,13H2,1H3,(H,25,27)(H,28,29)(H,30,31). The van der Waals surface area contributed by atoms with Crippen molar-refractivity contribution in [2.45, 2.75) is 4.90 Å². The molecule has 8 nitrogen and oxygen atoms in total. The van der Waals surface area contributed by atoms with Crippen molar-refractivity contribution >= 4 is 41.1 Å². The second kappa shape index (κ2) is 10.5. The number of hydrogen-bond donors (Lipinski definition) is 3. The van der Waals surface area contributed by atoms with E-state index in [0.29, 0.717) is 17.0 Å². The lowest BCUT2D eigenvalue weighted by atomic mass is 10.0. The van der Waals surface area contributed by atoms with Crippen LogP contribution in [0.25, 0.3) is 0 Å². The van der Waals surface area contributed by atoms with Gasteiger partial charge in [-0.15, -0.1) is 11.8 Å². The summed E-state index contributed by atoms with van der Waals surface area (Å²) in [4.78, 5) is 48.4. The summed E-state index contributed by atoms with van der Waals surface area (Å²) in [6, 6.07) is 16.9.